The summed E-state index contributed by atoms with van der Waals surface area (Å²) >= 11 is 1.49. The fraction of sp³-hybridized carbons (Fsp3) is 0.280. The summed E-state index contributed by atoms with van der Waals surface area (Å²) in [6.07, 6.45) is 2.77. The minimum atomic E-state index is -0.293. The van der Waals surface area contributed by atoms with Gasteiger partial charge in [0.05, 0.1) is 12.7 Å². The Kier molecular flexibility index (Phi) is 6.75. The van der Waals surface area contributed by atoms with Gasteiger partial charge in [-0.05, 0) is 67.1 Å². The number of hydrogen-bond donors (Lipinski definition) is 2. The van der Waals surface area contributed by atoms with Crippen LogP contribution in [0.1, 0.15) is 34.1 Å². The average molecular weight is 451 g/mol. The lowest BCUT2D eigenvalue weighted by Gasteiger charge is -2.18. The second-order valence-electron chi connectivity index (χ2n) is 7.89. The number of para-hydroxylation sites is 1. The summed E-state index contributed by atoms with van der Waals surface area (Å²) < 4.78 is 10.7. The fourth-order valence-electron chi connectivity index (χ4n) is 3.78. The zero-order chi connectivity index (χ0) is 22.5. The van der Waals surface area contributed by atoms with Crippen LogP contribution in [0, 0.1) is 5.92 Å². The molecular formula is C25H26N2O4S. The molecule has 0 fully saturated rings. The molecule has 0 saturated carbocycles. The molecule has 1 aliphatic rings. The van der Waals surface area contributed by atoms with E-state index in [1.54, 1.807) is 43.5 Å². The van der Waals surface area contributed by atoms with E-state index < -0.39 is 0 Å². The number of ether oxygens (including phenoxy) is 2. The zero-order valence-electron chi connectivity index (χ0n) is 18.1. The SMILES string of the molecule is COc1ccc(NC(=O)c2c(NC(=O)COc3ccccc3)sc3c2CC[C@H](C)C3)cc1. The highest BCUT2D eigenvalue weighted by atomic mass is 32.1. The van der Waals surface area contributed by atoms with Crippen LogP contribution in [-0.2, 0) is 17.6 Å². The molecule has 0 aliphatic heterocycles. The molecule has 0 unspecified atom stereocenters. The number of hydrogen-bond acceptors (Lipinski definition) is 5. The average Bonchev–Trinajstić information content (AvgIpc) is 3.15. The van der Waals surface area contributed by atoms with Crippen LogP contribution in [0.5, 0.6) is 11.5 Å². The van der Waals surface area contributed by atoms with E-state index >= 15 is 0 Å². The van der Waals surface area contributed by atoms with Gasteiger partial charge in [0.15, 0.2) is 6.61 Å². The summed E-state index contributed by atoms with van der Waals surface area (Å²) in [6, 6.07) is 16.4. The minimum absolute atomic E-state index is 0.122. The third-order valence-electron chi connectivity index (χ3n) is 5.45. The molecule has 0 spiro atoms. The molecule has 2 amide bonds. The molecule has 4 rings (SSSR count). The number of nitrogens with one attached hydrogen (secondary N) is 2. The molecule has 7 heteroatoms. The Balaban J connectivity index is 1.53. The van der Waals surface area contributed by atoms with Crippen molar-refractivity contribution in [1.82, 2.24) is 0 Å². The molecule has 0 saturated heterocycles. The van der Waals surface area contributed by atoms with Crippen molar-refractivity contribution in [2.24, 2.45) is 5.92 Å². The summed E-state index contributed by atoms with van der Waals surface area (Å²) in [5.41, 5.74) is 2.27. The van der Waals surface area contributed by atoms with E-state index in [2.05, 4.69) is 17.6 Å². The van der Waals surface area contributed by atoms with E-state index in [9.17, 15) is 9.59 Å². The predicted molar refractivity (Wildman–Crippen MR) is 127 cm³/mol. The Morgan fingerprint density at radius 2 is 1.78 bits per heavy atom. The van der Waals surface area contributed by atoms with Gasteiger partial charge in [0.25, 0.3) is 11.8 Å². The molecule has 166 valence electrons. The van der Waals surface area contributed by atoms with Gasteiger partial charge >= 0.3 is 0 Å². The number of methoxy groups -OCH3 is 1. The maximum Gasteiger partial charge on any atom is 0.262 e. The molecular weight excluding hydrogens is 424 g/mol. The smallest absolute Gasteiger partial charge is 0.262 e. The van der Waals surface area contributed by atoms with Crippen LogP contribution in [0.15, 0.2) is 54.6 Å². The van der Waals surface area contributed by atoms with Gasteiger partial charge in [-0.3, -0.25) is 9.59 Å². The Morgan fingerprint density at radius 1 is 1.03 bits per heavy atom. The van der Waals surface area contributed by atoms with Crippen LogP contribution in [0.3, 0.4) is 0 Å². The van der Waals surface area contributed by atoms with E-state index in [0.717, 1.165) is 30.6 Å². The van der Waals surface area contributed by atoms with Gasteiger partial charge in [0.2, 0.25) is 0 Å². The van der Waals surface area contributed by atoms with E-state index in [1.165, 1.54) is 16.2 Å². The van der Waals surface area contributed by atoms with Crippen LogP contribution < -0.4 is 20.1 Å². The summed E-state index contributed by atoms with van der Waals surface area (Å²) in [6.45, 7) is 2.09. The lowest BCUT2D eigenvalue weighted by Crippen LogP contribution is -2.22. The van der Waals surface area contributed by atoms with E-state index in [4.69, 9.17) is 9.47 Å². The van der Waals surface area contributed by atoms with Crippen LogP contribution in [0.25, 0.3) is 0 Å². The molecule has 1 aromatic heterocycles. The van der Waals surface area contributed by atoms with E-state index in [-0.39, 0.29) is 18.4 Å². The van der Waals surface area contributed by atoms with Gasteiger partial charge in [-0.2, -0.15) is 0 Å². The topological polar surface area (TPSA) is 76.7 Å². The highest BCUT2D eigenvalue weighted by Crippen LogP contribution is 2.40. The number of benzene rings is 2. The number of carbonyl (C=O) groups excluding carboxylic acids is 2. The lowest BCUT2D eigenvalue weighted by molar-refractivity contribution is -0.118. The van der Waals surface area contributed by atoms with Crippen molar-refractivity contribution in [1.29, 1.82) is 0 Å². The quantitative estimate of drug-likeness (QED) is 0.522. The summed E-state index contributed by atoms with van der Waals surface area (Å²) in [5.74, 6) is 1.39. The van der Waals surface area contributed by atoms with Crippen molar-refractivity contribution in [2.45, 2.75) is 26.2 Å². The Bertz CT molecular complexity index is 1090. The second-order valence-corrected chi connectivity index (χ2v) is 8.99. The Hall–Kier alpha value is -3.32. The van der Waals surface area contributed by atoms with Crippen molar-refractivity contribution < 1.29 is 19.1 Å². The second kappa shape index (κ2) is 9.87. The highest BCUT2D eigenvalue weighted by Gasteiger charge is 2.28. The van der Waals surface area contributed by atoms with Crippen molar-refractivity contribution >= 4 is 33.8 Å². The maximum atomic E-state index is 13.2. The number of thiophene rings is 1. The highest BCUT2D eigenvalue weighted by molar-refractivity contribution is 7.17. The van der Waals surface area contributed by atoms with Crippen LogP contribution >= 0.6 is 11.3 Å². The van der Waals surface area contributed by atoms with Crippen molar-refractivity contribution in [3.63, 3.8) is 0 Å². The first kappa shape index (κ1) is 21.9. The fourth-order valence-corrected chi connectivity index (χ4v) is 5.20. The third kappa shape index (κ3) is 5.11. The van der Waals surface area contributed by atoms with Crippen molar-refractivity contribution in [3.05, 3.63) is 70.6 Å². The first-order valence-corrected chi connectivity index (χ1v) is 11.4. The van der Waals surface area contributed by atoms with Gasteiger partial charge in [-0.15, -0.1) is 11.3 Å². The maximum absolute atomic E-state index is 13.2. The monoisotopic (exact) mass is 450 g/mol. The Morgan fingerprint density at radius 3 is 2.50 bits per heavy atom. The first-order chi connectivity index (χ1) is 15.5. The molecule has 1 heterocycles. The number of carbonyl (C=O) groups is 2. The van der Waals surface area contributed by atoms with E-state index in [1.807, 2.05) is 18.2 Å². The van der Waals surface area contributed by atoms with Crippen LogP contribution in [0.4, 0.5) is 10.7 Å². The molecule has 2 aromatic carbocycles. The lowest BCUT2D eigenvalue weighted by atomic mass is 9.88. The van der Waals surface area contributed by atoms with Gasteiger partial charge in [-0.25, -0.2) is 0 Å². The summed E-state index contributed by atoms with van der Waals surface area (Å²) in [5, 5.41) is 6.45. The predicted octanol–water partition coefficient (Wildman–Crippen LogP) is 5.15. The molecule has 2 N–H and O–H groups in total. The molecule has 0 radical (unpaired) electrons. The molecule has 6 nitrogen and oxygen atoms in total. The standard InChI is InChI=1S/C25H26N2O4S/c1-16-8-13-20-21(14-16)32-25(27-22(28)15-31-19-6-4-3-5-7-19)23(20)24(29)26-17-9-11-18(30-2)12-10-17/h3-7,9-12,16H,8,13-15H2,1-2H3,(H,26,29)(H,27,28)/t16-/m0/s1. The van der Waals surface area contributed by atoms with Crippen molar-refractivity contribution in [2.75, 3.05) is 24.4 Å². The number of amides is 2. The molecule has 1 aliphatic carbocycles. The van der Waals surface area contributed by atoms with Crippen molar-refractivity contribution in [3.8, 4) is 11.5 Å². The van der Waals surface area contributed by atoms with Crippen LogP contribution in [-0.4, -0.2) is 25.5 Å². The Labute approximate surface area is 191 Å². The largest absolute Gasteiger partial charge is 0.497 e. The summed E-state index contributed by atoms with van der Waals surface area (Å²) in [4.78, 5) is 27.0. The minimum Gasteiger partial charge on any atom is -0.497 e. The number of fused-ring (bicyclic) bond motifs is 1. The molecule has 1 atom stereocenters. The number of rotatable bonds is 7. The third-order valence-corrected chi connectivity index (χ3v) is 6.62. The van der Waals surface area contributed by atoms with E-state index in [0.29, 0.717) is 27.9 Å². The normalized spacial score (nSPS) is 14.9. The van der Waals surface area contributed by atoms with Gasteiger partial charge in [-0.1, -0.05) is 25.1 Å². The van der Waals surface area contributed by atoms with Crippen LogP contribution in [0.2, 0.25) is 0 Å². The first-order valence-electron chi connectivity index (χ1n) is 10.6. The zero-order valence-corrected chi connectivity index (χ0v) is 19.0. The summed E-state index contributed by atoms with van der Waals surface area (Å²) in [7, 11) is 1.60. The number of anilines is 2. The van der Waals surface area contributed by atoms with Gasteiger partial charge < -0.3 is 20.1 Å². The van der Waals surface area contributed by atoms with Gasteiger partial charge in [0.1, 0.15) is 16.5 Å². The van der Waals surface area contributed by atoms with Gasteiger partial charge in [0, 0.05) is 10.6 Å². The molecule has 3 aromatic rings. The molecule has 0 bridgehead atoms. The molecule has 32 heavy (non-hydrogen) atoms.